The summed E-state index contributed by atoms with van der Waals surface area (Å²) in [7, 11) is 0. The van der Waals surface area contributed by atoms with Crippen molar-refractivity contribution in [1.29, 1.82) is 0 Å². The van der Waals surface area contributed by atoms with Crippen molar-refractivity contribution in [2.45, 2.75) is 38.5 Å². The second-order valence-electron chi connectivity index (χ2n) is 5.43. The van der Waals surface area contributed by atoms with E-state index in [0.29, 0.717) is 23.9 Å². The Kier molecular flexibility index (Phi) is 4.33. The Balaban J connectivity index is 2.29. The predicted molar refractivity (Wildman–Crippen MR) is 69.3 cm³/mol. The zero-order chi connectivity index (χ0) is 13.1. The largest absolute Gasteiger partial charge is 0.330 e. The molecule has 0 aliphatic heterocycles. The Morgan fingerprint density at radius 2 is 2.00 bits per heavy atom. The summed E-state index contributed by atoms with van der Waals surface area (Å²) in [5.74, 6) is 0.143. The van der Waals surface area contributed by atoms with E-state index < -0.39 is 0 Å². The maximum absolute atomic E-state index is 13.9. The number of halogens is 2. The molecule has 1 aliphatic rings. The molecule has 1 nitrogen and oxygen atoms in total. The van der Waals surface area contributed by atoms with Gasteiger partial charge in [-0.3, -0.25) is 0 Å². The SMILES string of the molecule is CC1CCCCC1C(CN)c1cc(F)ccc1F. The third kappa shape index (κ3) is 2.72. The maximum atomic E-state index is 13.9. The summed E-state index contributed by atoms with van der Waals surface area (Å²) in [6.07, 6.45) is 4.64. The van der Waals surface area contributed by atoms with Gasteiger partial charge in [-0.2, -0.15) is 0 Å². The van der Waals surface area contributed by atoms with Crippen molar-refractivity contribution >= 4 is 0 Å². The fourth-order valence-corrected chi connectivity index (χ4v) is 3.27. The van der Waals surface area contributed by atoms with Crippen LogP contribution in [0.2, 0.25) is 0 Å². The molecule has 1 aliphatic carbocycles. The van der Waals surface area contributed by atoms with Crippen LogP contribution in [0.3, 0.4) is 0 Å². The summed E-state index contributed by atoms with van der Waals surface area (Å²) in [4.78, 5) is 0. The van der Waals surface area contributed by atoms with Crippen LogP contribution in [0.5, 0.6) is 0 Å². The summed E-state index contributed by atoms with van der Waals surface area (Å²) in [5.41, 5.74) is 6.28. The molecule has 18 heavy (non-hydrogen) atoms. The van der Waals surface area contributed by atoms with Gasteiger partial charge in [0.25, 0.3) is 0 Å². The molecule has 1 aromatic carbocycles. The number of nitrogens with two attached hydrogens (primary N) is 1. The first kappa shape index (κ1) is 13.5. The molecule has 0 bridgehead atoms. The number of hydrogen-bond donors (Lipinski definition) is 1. The Morgan fingerprint density at radius 1 is 1.28 bits per heavy atom. The third-order valence-electron chi connectivity index (χ3n) is 4.31. The molecule has 3 unspecified atom stereocenters. The highest BCUT2D eigenvalue weighted by atomic mass is 19.1. The van der Waals surface area contributed by atoms with Crippen molar-refractivity contribution in [1.82, 2.24) is 0 Å². The first-order valence-corrected chi connectivity index (χ1v) is 6.78. The van der Waals surface area contributed by atoms with Crippen molar-refractivity contribution in [2.75, 3.05) is 6.54 Å². The average molecular weight is 253 g/mol. The lowest BCUT2D eigenvalue weighted by Gasteiger charge is -2.35. The van der Waals surface area contributed by atoms with Crippen LogP contribution < -0.4 is 5.73 Å². The van der Waals surface area contributed by atoms with E-state index in [-0.39, 0.29) is 17.6 Å². The van der Waals surface area contributed by atoms with E-state index in [1.54, 1.807) is 0 Å². The van der Waals surface area contributed by atoms with Crippen molar-refractivity contribution in [2.24, 2.45) is 17.6 Å². The predicted octanol–water partition coefficient (Wildman–Crippen LogP) is 3.83. The molecule has 100 valence electrons. The Morgan fingerprint density at radius 3 is 2.67 bits per heavy atom. The quantitative estimate of drug-likeness (QED) is 0.870. The lowest BCUT2D eigenvalue weighted by molar-refractivity contribution is 0.216. The van der Waals surface area contributed by atoms with Crippen LogP contribution >= 0.6 is 0 Å². The van der Waals surface area contributed by atoms with Crippen LogP contribution in [0.15, 0.2) is 18.2 Å². The van der Waals surface area contributed by atoms with Gasteiger partial charge in [0.1, 0.15) is 11.6 Å². The molecule has 0 amide bonds. The van der Waals surface area contributed by atoms with E-state index >= 15 is 0 Å². The van der Waals surface area contributed by atoms with Gasteiger partial charge in [0, 0.05) is 5.92 Å². The van der Waals surface area contributed by atoms with E-state index in [2.05, 4.69) is 6.92 Å². The molecule has 2 N–H and O–H groups in total. The topological polar surface area (TPSA) is 26.0 Å². The fourth-order valence-electron chi connectivity index (χ4n) is 3.27. The first-order valence-electron chi connectivity index (χ1n) is 6.78. The zero-order valence-electron chi connectivity index (χ0n) is 10.8. The van der Waals surface area contributed by atoms with Crippen LogP contribution in [0.25, 0.3) is 0 Å². The average Bonchev–Trinajstić information content (AvgIpc) is 2.36. The molecule has 0 saturated heterocycles. The van der Waals surface area contributed by atoms with Gasteiger partial charge in [-0.25, -0.2) is 8.78 Å². The van der Waals surface area contributed by atoms with Crippen molar-refractivity contribution in [3.8, 4) is 0 Å². The molecule has 3 atom stereocenters. The smallest absolute Gasteiger partial charge is 0.126 e. The molecule has 2 rings (SSSR count). The second kappa shape index (κ2) is 5.79. The summed E-state index contributed by atoms with van der Waals surface area (Å²) in [6, 6.07) is 3.69. The summed E-state index contributed by atoms with van der Waals surface area (Å²) < 4.78 is 27.2. The summed E-state index contributed by atoms with van der Waals surface area (Å²) >= 11 is 0. The summed E-state index contributed by atoms with van der Waals surface area (Å²) in [5, 5.41) is 0. The molecule has 0 spiro atoms. The highest BCUT2D eigenvalue weighted by Gasteiger charge is 2.30. The minimum Gasteiger partial charge on any atom is -0.330 e. The molecule has 0 heterocycles. The Hall–Kier alpha value is -0.960. The van der Waals surface area contributed by atoms with E-state index in [1.807, 2.05) is 0 Å². The van der Waals surface area contributed by atoms with Gasteiger partial charge >= 0.3 is 0 Å². The van der Waals surface area contributed by atoms with Crippen LogP contribution in [0.1, 0.15) is 44.1 Å². The maximum Gasteiger partial charge on any atom is 0.126 e. The number of rotatable bonds is 3. The second-order valence-corrected chi connectivity index (χ2v) is 5.43. The van der Waals surface area contributed by atoms with Crippen molar-refractivity contribution < 1.29 is 8.78 Å². The molecular weight excluding hydrogens is 232 g/mol. The van der Waals surface area contributed by atoms with Crippen LogP contribution in [0, 0.1) is 23.5 Å². The molecule has 1 fully saturated rings. The molecule has 1 saturated carbocycles. The van der Waals surface area contributed by atoms with Gasteiger partial charge in [0.05, 0.1) is 0 Å². The third-order valence-corrected chi connectivity index (χ3v) is 4.31. The molecule has 0 radical (unpaired) electrons. The minimum absolute atomic E-state index is 0.0593. The van der Waals surface area contributed by atoms with Gasteiger partial charge in [0.15, 0.2) is 0 Å². The van der Waals surface area contributed by atoms with E-state index in [9.17, 15) is 8.78 Å². The Bertz CT molecular complexity index is 405. The molecule has 0 aromatic heterocycles. The zero-order valence-corrected chi connectivity index (χ0v) is 10.8. The normalized spacial score (nSPS) is 26.0. The molecule has 3 heteroatoms. The van der Waals surface area contributed by atoms with Gasteiger partial charge in [-0.1, -0.05) is 26.2 Å². The lowest BCUT2D eigenvalue weighted by atomic mass is 9.71. The van der Waals surface area contributed by atoms with Crippen LogP contribution in [0.4, 0.5) is 8.78 Å². The highest BCUT2D eigenvalue weighted by Crippen LogP contribution is 2.40. The van der Waals surface area contributed by atoms with Gasteiger partial charge < -0.3 is 5.73 Å². The standard InChI is InChI=1S/C15H21F2N/c1-10-4-2-3-5-12(10)14(9-18)13-8-11(16)6-7-15(13)17/h6-8,10,12,14H,2-5,9,18H2,1H3. The van der Waals surface area contributed by atoms with E-state index in [0.717, 1.165) is 18.9 Å². The minimum atomic E-state index is -0.381. The highest BCUT2D eigenvalue weighted by molar-refractivity contribution is 5.24. The lowest BCUT2D eigenvalue weighted by Crippen LogP contribution is -2.29. The Labute approximate surface area is 107 Å². The van der Waals surface area contributed by atoms with Gasteiger partial charge in [-0.05, 0) is 48.6 Å². The van der Waals surface area contributed by atoms with Gasteiger partial charge in [-0.15, -0.1) is 0 Å². The van der Waals surface area contributed by atoms with Gasteiger partial charge in [0.2, 0.25) is 0 Å². The van der Waals surface area contributed by atoms with Crippen molar-refractivity contribution in [3.05, 3.63) is 35.4 Å². The van der Waals surface area contributed by atoms with Crippen LogP contribution in [-0.2, 0) is 0 Å². The monoisotopic (exact) mass is 253 g/mol. The van der Waals surface area contributed by atoms with E-state index in [1.165, 1.54) is 25.0 Å². The number of hydrogen-bond acceptors (Lipinski definition) is 1. The molecule has 1 aromatic rings. The van der Waals surface area contributed by atoms with E-state index in [4.69, 9.17) is 5.73 Å². The first-order chi connectivity index (χ1) is 8.63. The van der Waals surface area contributed by atoms with Crippen molar-refractivity contribution in [3.63, 3.8) is 0 Å². The van der Waals surface area contributed by atoms with Crippen LogP contribution in [-0.4, -0.2) is 6.54 Å². The summed E-state index contributed by atoms with van der Waals surface area (Å²) in [6.45, 7) is 2.58. The fraction of sp³-hybridized carbons (Fsp3) is 0.600. The molecular formula is C15H21F2N. The number of benzene rings is 1.